The Hall–Kier alpha value is -0.380. The molecule has 2 fully saturated rings. The van der Waals surface area contributed by atoms with Gasteiger partial charge < -0.3 is 5.32 Å². The van der Waals surface area contributed by atoms with Crippen LogP contribution in [0.15, 0.2) is 12.1 Å². The summed E-state index contributed by atoms with van der Waals surface area (Å²) in [6, 6.07) is 7.50. The van der Waals surface area contributed by atoms with Crippen LogP contribution in [0.25, 0.3) is 0 Å². The van der Waals surface area contributed by atoms with Crippen LogP contribution in [-0.4, -0.2) is 35.6 Å². The average Bonchev–Trinajstić information content (AvgIpc) is 3.01. The van der Waals surface area contributed by atoms with Crippen LogP contribution in [0.5, 0.6) is 0 Å². The second-order valence-electron chi connectivity index (χ2n) is 6.49. The van der Waals surface area contributed by atoms with E-state index in [4.69, 9.17) is 0 Å². The van der Waals surface area contributed by atoms with Crippen LogP contribution >= 0.6 is 11.3 Å². The normalized spacial score (nSPS) is 29.8. The van der Waals surface area contributed by atoms with E-state index >= 15 is 0 Å². The molecule has 1 N–H and O–H groups in total. The molecule has 0 radical (unpaired) electrons. The van der Waals surface area contributed by atoms with E-state index in [9.17, 15) is 0 Å². The van der Waals surface area contributed by atoms with Crippen molar-refractivity contribution in [2.24, 2.45) is 0 Å². The maximum atomic E-state index is 3.84. The van der Waals surface area contributed by atoms with E-state index < -0.39 is 0 Å². The maximum Gasteiger partial charge on any atom is 0.0212 e. The molecular weight excluding hydrogens is 252 g/mol. The highest BCUT2D eigenvalue weighted by Gasteiger charge is 2.38. The van der Waals surface area contributed by atoms with Crippen LogP contribution in [0.1, 0.15) is 42.9 Å². The molecule has 3 unspecified atom stereocenters. The van der Waals surface area contributed by atoms with Gasteiger partial charge in [-0.1, -0.05) is 0 Å². The van der Waals surface area contributed by atoms with Gasteiger partial charge in [-0.2, -0.15) is 0 Å². The van der Waals surface area contributed by atoms with Crippen molar-refractivity contribution in [2.45, 2.75) is 70.6 Å². The summed E-state index contributed by atoms with van der Waals surface area (Å²) in [7, 11) is 0. The van der Waals surface area contributed by atoms with Crippen LogP contribution in [0.2, 0.25) is 0 Å². The molecule has 2 nitrogen and oxygen atoms in total. The smallest absolute Gasteiger partial charge is 0.0212 e. The van der Waals surface area contributed by atoms with Crippen molar-refractivity contribution >= 4 is 11.3 Å². The van der Waals surface area contributed by atoms with Gasteiger partial charge in [0.25, 0.3) is 0 Å². The first-order valence-corrected chi connectivity index (χ1v) is 8.50. The molecule has 19 heavy (non-hydrogen) atoms. The first-order chi connectivity index (χ1) is 9.11. The van der Waals surface area contributed by atoms with Crippen molar-refractivity contribution in [2.75, 3.05) is 6.54 Å². The Kier molecular flexibility index (Phi) is 3.97. The van der Waals surface area contributed by atoms with Gasteiger partial charge >= 0.3 is 0 Å². The van der Waals surface area contributed by atoms with Crippen molar-refractivity contribution in [3.8, 4) is 0 Å². The highest BCUT2D eigenvalue weighted by Crippen LogP contribution is 2.33. The van der Waals surface area contributed by atoms with Gasteiger partial charge in [-0.05, 0) is 58.6 Å². The Morgan fingerprint density at radius 3 is 2.84 bits per heavy atom. The number of rotatable bonds is 5. The first kappa shape index (κ1) is 13.6. The quantitative estimate of drug-likeness (QED) is 0.890. The first-order valence-electron chi connectivity index (χ1n) is 7.69. The second kappa shape index (κ2) is 5.55. The zero-order chi connectivity index (χ0) is 13.4. The number of aryl methyl sites for hydroxylation is 1. The molecule has 1 aromatic rings. The minimum Gasteiger partial charge on any atom is -0.310 e. The summed E-state index contributed by atoms with van der Waals surface area (Å²) in [4.78, 5) is 5.67. The molecule has 0 spiro atoms. The summed E-state index contributed by atoms with van der Waals surface area (Å²) in [5.41, 5.74) is 0. The highest BCUT2D eigenvalue weighted by atomic mass is 32.1. The van der Waals surface area contributed by atoms with Crippen molar-refractivity contribution in [1.82, 2.24) is 10.2 Å². The fraction of sp³-hybridized carbons (Fsp3) is 0.750. The molecular formula is C16H26N2S. The molecule has 106 valence electrons. The van der Waals surface area contributed by atoms with Gasteiger partial charge in [0.2, 0.25) is 0 Å². The highest BCUT2D eigenvalue weighted by molar-refractivity contribution is 7.11. The third-order valence-corrected chi connectivity index (χ3v) is 5.49. The van der Waals surface area contributed by atoms with E-state index in [-0.39, 0.29) is 0 Å². The standard InChI is InChI=1S/C16H26N2S/c1-11(8-16-7-4-13(3)19-16)17-14-9-12(2)18(10-14)15-5-6-15/h4,7,11-12,14-15,17H,5-6,8-10H2,1-3H3. The molecule has 1 aliphatic carbocycles. The van der Waals surface area contributed by atoms with Crippen LogP contribution < -0.4 is 5.32 Å². The van der Waals surface area contributed by atoms with Gasteiger partial charge in [0.15, 0.2) is 0 Å². The van der Waals surface area contributed by atoms with Crippen LogP contribution in [0.3, 0.4) is 0 Å². The largest absolute Gasteiger partial charge is 0.310 e. The molecule has 0 amide bonds. The zero-order valence-electron chi connectivity index (χ0n) is 12.4. The summed E-state index contributed by atoms with van der Waals surface area (Å²) in [6.07, 6.45) is 5.36. The predicted octanol–water partition coefficient (Wildman–Crippen LogP) is 3.20. The maximum absolute atomic E-state index is 3.84. The van der Waals surface area contributed by atoms with E-state index in [0.29, 0.717) is 12.1 Å². The van der Waals surface area contributed by atoms with Crippen LogP contribution in [0.4, 0.5) is 0 Å². The van der Waals surface area contributed by atoms with E-state index in [2.05, 4.69) is 43.1 Å². The molecule has 3 rings (SSSR count). The summed E-state index contributed by atoms with van der Waals surface area (Å²) < 4.78 is 0. The SMILES string of the molecule is Cc1ccc(CC(C)NC2CC(C)N(C3CC3)C2)s1. The predicted molar refractivity (Wildman–Crippen MR) is 83.0 cm³/mol. The summed E-state index contributed by atoms with van der Waals surface area (Å²) in [5, 5.41) is 3.84. The average molecular weight is 278 g/mol. The van der Waals surface area contributed by atoms with E-state index in [1.54, 1.807) is 0 Å². The molecule has 1 aliphatic heterocycles. The Labute approximate surface area is 121 Å². The van der Waals surface area contributed by atoms with Crippen LogP contribution in [0, 0.1) is 6.92 Å². The van der Waals surface area contributed by atoms with Gasteiger partial charge in [-0.3, -0.25) is 4.90 Å². The molecule has 1 aromatic heterocycles. The van der Waals surface area contributed by atoms with Gasteiger partial charge in [0, 0.05) is 40.5 Å². The second-order valence-corrected chi connectivity index (χ2v) is 7.87. The topological polar surface area (TPSA) is 15.3 Å². The third kappa shape index (κ3) is 3.39. The lowest BCUT2D eigenvalue weighted by molar-refractivity contribution is 0.254. The molecule has 2 heterocycles. The van der Waals surface area contributed by atoms with Gasteiger partial charge in [0.1, 0.15) is 0 Å². The molecule has 2 aliphatic rings. The van der Waals surface area contributed by atoms with Crippen molar-refractivity contribution in [3.63, 3.8) is 0 Å². The molecule has 1 saturated carbocycles. The van der Waals surface area contributed by atoms with Crippen molar-refractivity contribution in [3.05, 3.63) is 21.9 Å². The van der Waals surface area contributed by atoms with Crippen molar-refractivity contribution < 1.29 is 0 Å². The third-order valence-electron chi connectivity index (χ3n) is 4.46. The number of nitrogens with one attached hydrogen (secondary N) is 1. The molecule has 1 saturated heterocycles. The van der Waals surface area contributed by atoms with E-state index in [0.717, 1.165) is 12.1 Å². The van der Waals surface area contributed by atoms with Gasteiger partial charge in [0.05, 0.1) is 0 Å². The minimum absolute atomic E-state index is 0.592. The lowest BCUT2D eigenvalue weighted by Crippen LogP contribution is -2.39. The molecule has 0 bridgehead atoms. The number of hydrogen-bond acceptors (Lipinski definition) is 3. The molecule has 3 atom stereocenters. The number of nitrogens with zero attached hydrogens (tertiary/aromatic N) is 1. The number of likely N-dealkylation sites (tertiary alicyclic amines) is 1. The van der Waals surface area contributed by atoms with E-state index in [1.807, 2.05) is 11.3 Å². The number of thiophene rings is 1. The number of hydrogen-bond donors (Lipinski definition) is 1. The summed E-state index contributed by atoms with van der Waals surface area (Å²) >= 11 is 1.94. The van der Waals surface area contributed by atoms with E-state index in [1.165, 1.54) is 42.0 Å². The lowest BCUT2D eigenvalue weighted by Gasteiger charge is -2.21. The Bertz CT molecular complexity index is 424. The summed E-state index contributed by atoms with van der Waals surface area (Å²) in [6.45, 7) is 8.19. The zero-order valence-corrected chi connectivity index (χ0v) is 13.2. The monoisotopic (exact) mass is 278 g/mol. The Morgan fingerprint density at radius 2 is 2.21 bits per heavy atom. The molecule has 0 aromatic carbocycles. The fourth-order valence-corrected chi connectivity index (χ4v) is 4.47. The van der Waals surface area contributed by atoms with Gasteiger partial charge in [-0.15, -0.1) is 11.3 Å². The fourth-order valence-electron chi connectivity index (χ4n) is 3.45. The minimum atomic E-state index is 0.592. The van der Waals surface area contributed by atoms with Gasteiger partial charge in [-0.25, -0.2) is 0 Å². The Morgan fingerprint density at radius 1 is 1.42 bits per heavy atom. The lowest BCUT2D eigenvalue weighted by atomic mass is 10.1. The van der Waals surface area contributed by atoms with Crippen LogP contribution in [-0.2, 0) is 6.42 Å². The van der Waals surface area contributed by atoms with Crippen molar-refractivity contribution in [1.29, 1.82) is 0 Å². The summed E-state index contributed by atoms with van der Waals surface area (Å²) in [5.74, 6) is 0. The Balaban J connectivity index is 1.48. The molecule has 3 heteroatoms.